The van der Waals surface area contributed by atoms with Crippen molar-refractivity contribution in [2.24, 2.45) is 0 Å². The van der Waals surface area contributed by atoms with E-state index in [9.17, 15) is 17.2 Å². The predicted molar refractivity (Wildman–Crippen MR) is 95.5 cm³/mol. The zero-order chi connectivity index (χ0) is 19.1. The molecule has 1 heterocycles. The second-order valence-corrected chi connectivity index (χ2v) is 7.95. The maximum Gasteiger partial charge on any atom is 0.190 e. The van der Waals surface area contributed by atoms with Crippen molar-refractivity contribution in [3.63, 3.8) is 0 Å². The Bertz CT molecular complexity index is 1050. The van der Waals surface area contributed by atoms with Crippen LogP contribution in [0.15, 0.2) is 53.4 Å². The van der Waals surface area contributed by atoms with E-state index >= 15 is 0 Å². The van der Waals surface area contributed by atoms with Crippen molar-refractivity contribution < 1.29 is 21.9 Å². The summed E-state index contributed by atoms with van der Waals surface area (Å²) in [5, 5.41) is 0. The fraction of sp³-hybridized carbons (Fsp3) is 0.158. The highest BCUT2D eigenvalue weighted by molar-refractivity contribution is 7.90. The van der Waals surface area contributed by atoms with E-state index in [1.54, 1.807) is 16.7 Å². The fourth-order valence-electron chi connectivity index (χ4n) is 2.85. The monoisotopic (exact) mass is 377 g/mol. The van der Waals surface area contributed by atoms with Gasteiger partial charge in [-0.15, -0.1) is 0 Å². The summed E-state index contributed by atoms with van der Waals surface area (Å²) in [4.78, 5) is 0.206. The van der Waals surface area contributed by atoms with E-state index in [0.717, 1.165) is 17.5 Å². The van der Waals surface area contributed by atoms with Gasteiger partial charge in [-0.1, -0.05) is 12.1 Å². The molecular weight excluding hydrogens is 360 g/mol. The van der Waals surface area contributed by atoms with E-state index in [2.05, 4.69) is 0 Å². The van der Waals surface area contributed by atoms with E-state index in [4.69, 9.17) is 4.74 Å². The van der Waals surface area contributed by atoms with Crippen LogP contribution in [0.2, 0.25) is 0 Å². The summed E-state index contributed by atoms with van der Waals surface area (Å²) in [7, 11) is -2.09. The predicted octanol–water partition coefficient (Wildman–Crippen LogP) is 4.14. The van der Waals surface area contributed by atoms with Crippen molar-refractivity contribution in [1.29, 1.82) is 0 Å². The van der Waals surface area contributed by atoms with Crippen molar-refractivity contribution in [3.05, 3.63) is 65.9 Å². The van der Waals surface area contributed by atoms with Gasteiger partial charge in [0.15, 0.2) is 27.2 Å². The third-order valence-corrected chi connectivity index (χ3v) is 5.23. The minimum absolute atomic E-state index is 0.206. The summed E-state index contributed by atoms with van der Waals surface area (Å²) in [5.41, 5.74) is 2.50. The first-order chi connectivity index (χ1) is 12.2. The van der Waals surface area contributed by atoms with Crippen molar-refractivity contribution in [2.75, 3.05) is 13.4 Å². The largest absolute Gasteiger partial charge is 0.491 e. The molecule has 2 aromatic carbocycles. The molecule has 3 rings (SSSR count). The highest BCUT2D eigenvalue weighted by Gasteiger charge is 2.16. The first kappa shape index (κ1) is 18.1. The van der Waals surface area contributed by atoms with E-state index in [0.29, 0.717) is 11.4 Å². The molecule has 0 atom stereocenters. The molecule has 0 aliphatic carbocycles. The van der Waals surface area contributed by atoms with Gasteiger partial charge in [0.1, 0.15) is 0 Å². The molecule has 0 bridgehead atoms. The van der Waals surface area contributed by atoms with Gasteiger partial charge >= 0.3 is 0 Å². The molecule has 4 nitrogen and oxygen atoms in total. The molecule has 0 aliphatic heterocycles. The number of rotatable bonds is 4. The number of methoxy groups -OCH3 is 1. The molecule has 0 amide bonds. The minimum atomic E-state index is -3.30. The number of halogens is 2. The lowest BCUT2D eigenvalue weighted by atomic mass is 10.1. The average molecular weight is 377 g/mol. The Morgan fingerprint density at radius 3 is 2.04 bits per heavy atom. The summed E-state index contributed by atoms with van der Waals surface area (Å²) >= 11 is 0. The number of aromatic nitrogens is 1. The number of aryl methyl sites for hydroxylation is 1. The Kier molecular flexibility index (Phi) is 4.58. The summed E-state index contributed by atoms with van der Waals surface area (Å²) in [6, 6.07) is 12.4. The minimum Gasteiger partial charge on any atom is -0.491 e. The topological polar surface area (TPSA) is 48.3 Å². The maximum atomic E-state index is 14.1. The molecule has 0 N–H and O–H groups in total. The molecule has 136 valence electrons. The summed E-state index contributed by atoms with van der Waals surface area (Å²) in [6.07, 6.45) is 1.14. The van der Waals surface area contributed by atoms with Crippen LogP contribution < -0.4 is 4.74 Å². The van der Waals surface area contributed by atoms with Crippen molar-refractivity contribution in [3.8, 4) is 22.7 Å². The standard InChI is InChI=1S/C19H17F2NO3S/c1-12-4-9-18(13-5-7-15(8-6-13)26(3,23)24)22(12)14-10-16(20)19(25-2)17(21)11-14/h4-11H,1-3H3. The third-order valence-electron chi connectivity index (χ3n) is 4.10. The molecule has 7 heteroatoms. The molecule has 0 radical (unpaired) electrons. The van der Waals surface area contributed by atoms with E-state index in [1.165, 1.54) is 31.4 Å². The second-order valence-electron chi connectivity index (χ2n) is 5.93. The van der Waals surface area contributed by atoms with Gasteiger partial charge in [0.05, 0.1) is 23.4 Å². The van der Waals surface area contributed by atoms with Gasteiger partial charge in [0.2, 0.25) is 0 Å². The van der Waals surface area contributed by atoms with Crippen LogP contribution in [-0.4, -0.2) is 26.4 Å². The molecule has 26 heavy (non-hydrogen) atoms. The van der Waals surface area contributed by atoms with Crippen LogP contribution in [0.3, 0.4) is 0 Å². The molecule has 1 aromatic heterocycles. The Morgan fingerprint density at radius 2 is 1.54 bits per heavy atom. The summed E-state index contributed by atoms with van der Waals surface area (Å²) in [5.74, 6) is -2.03. The molecule has 0 aliphatic rings. The number of sulfone groups is 1. The van der Waals surface area contributed by atoms with E-state index in [1.807, 2.05) is 19.1 Å². The van der Waals surface area contributed by atoms with E-state index in [-0.39, 0.29) is 4.90 Å². The van der Waals surface area contributed by atoms with Crippen molar-refractivity contribution in [1.82, 2.24) is 4.57 Å². The molecule has 0 unspecified atom stereocenters. The first-order valence-corrected chi connectivity index (χ1v) is 9.64. The highest BCUT2D eigenvalue weighted by Crippen LogP contribution is 2.31. The van der Waals surface area contributed by atoms with Gasteiger partial charge in [-0.3, -0.25) is 0 Å². The second kappa shape index (κ2) is 6.57. The van der Waals surface area contributed by atoms with Crippen molar-refractivity contribution >= 4 is 9.84 Å². The molecule has 0 spiro atoms. The van der Waals surface area contributed by atoms with Crippen LogP contribution in [0, 0.1) is 18.6 Å². The van der Waals surface area contributed by atoms with Crippen LogP contribution in [0.4, 0.5) is 8.78 Å². The number of nitrogens with zero attached hydrogens (tertiary/aromatic N) is 1. The molecular formula is C19H17F2NO3S. The highest BCUT2D eigenvalue weighted by atomic mass is 32.2. The van der Waals surface area contributed by atoms with Gasteiger partial charge in [-0.2, -0.15) is 0 Å². The van der Waals surface area contributed by atoms with Crippen molar-refractivity contribution in [2.45, 2.75) is 11.8 Å². The van der Waals surface area contributed by atoms with Gasteiger partial charge in [-0.25, -0.2) is 17.2 Å². The summed E-state index contributed by atoms with van der Waals surface area (Å²) < 4.78 is 57.9. The maximum absolute atomic E-state index is 14.1. The fourth-order valence-corrected chi connectivity index (χ4v) is 3.48. The van der Waals surface area contributed by atoms with Gasteiger partial charge in [-0.05, 0) is 36.8 Å². The normalized spacial score (nSPS) is 11.6. The summed E-state index contributed by atoms with van der Waals surface area (Å²) in [6.45, 7) is 1.81. The Hall–Kier alpha value is -2.67. The lowest BCUT2D eigenvalue weighted by molar-refractivity contribution is 0.359. The number of hydrogen-bond donors (Lipinski definition) is 0. The lowest BCUT2D eigenvalue weighted by Gasteiger charge is -2.14. The van der Waals surface area contributed by atoms with Gasteiger partial charge in [0, 0.05) is 24.1 Å². The molecule has 0 fully saturated rings. The van der Waals surface area contributed by atoms with E-state index < -0.39 is 27.2 Å². The zero-order valence-corrected chi connectivity index (χ0v) is 15.3. The van der Waals surface area contributed by atoms with Gasteiger partial charge < -0.3 is 9.30 Å². The van der Waals surface area contributed by atoms with Crippen LogP contribution in [0.5, 0.6) is 5.75 Å². The third kappa shape index (κ3) is 3.22. The Morgan fingerprint density at radius 1 is 0.962 bits per heavy atom. The zero-order valence-electron chi connectivity index (χ0n) is 14.5. The molecule has 0 saturated carbocycles. The molecule has 0 saturated heterocycles. The average Bonchev–Trinajstić information content (AvgIpc) is 2.95. The van der Waals surface area contributed by atoms with Crippen LogP contribution in [-0.2, 0) is 9.84 Å². The van der Waals surface area contributed by atoms with Crippen LogP contribution in [0.1, 0.15) is 5.69 Å². The molecule has 3 aromatic rings. The van der Waals surface area contributed by atoms with Crippen LogP contribution in [0.25, 0.3) is 16.9 Å². The first-order valence-electron chi connectivity index (χ1n) is 7.74. The van der Waals surface area contributed by atoms with Gasteiger partial charge in [0.25, 0.3) is 0 Å². The Balaban J connectivity index is 2.14. The quantitative estimate of drug-likeness (QED) is 0.686. The van der Waals surface area contributed by atoms with Crippen LogP contribution >= 0.6 is 0 Å². The number of hydrogen-bond acceptors (Lipinski definition) is 3. The number of ether oxygens (including phenoxy) is 1. The smallest absolute Gasteiger partial charge is 0.190 e. The lowest BCUT2D eigenvalue weighted by Crippen LogP contribution is -2.03. The SMILES string of the molecule is COc1c(F)cc(-n2c(C)ccc2-c2ccc(S(C)(=O)=O)cc2)cc1F. The number of benzene rings is 2. The Labute approximate surface area is 150 Å².